The molecule has 0 bridgehead atoms. The minimum atomic E-state index is -0.536. The van der Waals surface area contributed by atoms with Crippen LogP contribution in [0.2, 0.25) is 0 Å². The van der Waals surface area contributed by atoms with Gasteiger partial charge in [0, 0.05) is 37.1 Å². The summed E-state index contributed by atoms with van der Waals surface area (Å²) in [5.74, 6) is -0.184. The molecule has 0 radical (unpaired) electrons. The topological polar surface area (TPSA) is 138 Å². The number of ether oxygens (including phenoxy) is 3. The molecule has 2 aromatic heterocycles. The van der Waals surface area contributed by atoms with Crippen molar-refractivity contribution >= 4 is 39.8 Å². The molecule has 0 spiro atoms. The zero-order valence-electron chi connectivity index (χ0n) is 41.4. The number of pyridine rings is 2. The van der Waals surface area contributed by atoms with Crippen LogP contribution >= 0.6 is 0 Å². The summed E-state index contributed by atoms with van der Waals surface area (Å²) in [6.45, 7) is 12.9. The van der Waals surface area contributed by atoms with Crippen molar-refractivity contribution in [2.75, 3.05) is 26.2 Å². The van der Waals surface area contributed by atoms with Crippen LogP contribution in [0.25, 0.3) is 21.8 Å². The van der Waals surface area contributed by atoms with Gasteiger partial charge in [-0.05, 0) is 119 Å². The number of amides is 1. The van der Waals surface area contributed by atoms with Gasteiger partial charge in [-0.2, -0.15) is 0 Å². The predicted molar refractivity (Wildman–Crippen MR) is 268 cm³/mol. The van der Waals surface area contributed by atoms with Gasteiger partial charge in [0.2, 0.25) is 0 Å². The molecule has 2 aliphatic heterocycles. The average Bonchev–Trinajstić information content (AvgIpc) is 3.32. The number of piperidine rings is 2. The minimum Gasteiger partial charge on any atom is -0.444 e. The summed E-state index contributed by atoms with van der Waals surface area (Å²) in [5, 5.41) is 5.32. The van der Waals surface area contributed by atoms with E-state index in [-0.39, 0.29) is 54.4 Å². The van der Waals surface area contributed by atoms with Crippen LogP contribution in [0.4, 0.5) is 4.79 Å². The fourth-order valence-electron chi connectivity index (χ4n) is 9.24. The number of fused-ring (bicyclic) bond motifs is 2. The molecule has 1 amide bonds. The third-order valence-electron chi connectivity index (χ3n) is 13.1. The van der Waals surface area contributed by atoms with E-state index in [0.717, 1.165) is 85.4 Å². The highest BCUT2D eigenvalue weighted by Gasteiger charge is 2.29. The highest BCUT2D eigenvalue weighted by atomic mass is 16.6. The fourth-order valence-corrected chi connectivity index (χ4v) is 9.24. The van der Waals surface area contributed by atoms with Crippen LogP contribution in [0, 0.1) is 0 Å². The van der Waals surface area contributed by atoms with Gasteiger partial charge in [-0.15, -0.1) is 0 Å². The summed E-state index contributed by atoms with van der Waals surface area (Å²) >= 11 is 0. The van der Waals surface area contributed by atoms with Gasteiger partial charge in [0.25, 0.3) is 11.1 Å². The van der Waals surface area contributed by atoms with Crippen molar-refractivity contribution in [2.45, 2.75) is 194 Å². The number of benzene rings is 2. The lowest BCUT2D eigenvalue weighted by molar-refractivity contribution is -0.148. The van der Waals surface area contributed by atoms with Crippen LogP contribution in [-0.4, -0.2) is 63.8 Å². The molecule has 6 rings (SSSR count). The summed E-state index contributed by atoms with van der Waals surface area (Å²) in [5.41, 5.74) is 2.45. The molecule has 4 aromatic rings. The number of esters is 2. The number of nitrogens with zero attached hydrogens (tertiary/aromatic N) is 3. The van der Waals surface area contributed by atoms with Gasteiger partial charge in [0.1, 0.15) is 5.60 Å². The molecular formula is C55H80N4O8. The molecule has 1 N–H and O–H groups in total. The van der Waals surface area contributed by atoms with Gasteiger partial charge < -0.3 is 24.4 Å². The van der Waals surface area contributed by atoms with Crippen molar-refractivity contribution in [3.63, 3.8) is 0 Å². The number of likely N-dealkylation sites (tertiary alicyclic amines) is 1. The molecule has 4 heterocycles. The molecule has 0 saturated carbocycles. The maximum atomic E-state index is 13.5. The number of hydrogen-bond acceptors (Lipinski definition) is 9. The van der Waals surface area contributed by atoms with E-state index in [9.17, 15) is 24.0 Å². The van der Waals surface area contributed by atoms with Gasteiger partial charge in [-0.3, -0.25) is 28.3 Å². The lowest BCUT2D eigenvalue weighted by Crippen LogP contribution is -2.42. The Morgan fingerprint density at radius 1 is 0.582 bits per heavy atom. The zero-order valence-corrected chi connectivity index (χ0v) is 41.4. The van der Waals surface area contributed by atoms with E-state index in [1.807, 2.05) is 81.4 Å². The van der Waals surface area contributed by atoms with E-state index < -0.39 is 5.60 Å². The first-order valence-electron chi connectivity index (χ1n) is 25.6. The second-order valence-electron chi connectivity index (χ2n) is 19.6. The van der Waals surface area contributed by atoms with E-state index in [1.54, 1.807) is 14.0 Å². The van der Waals surface area contributed by atoms with E-state index >= 15 is 0 Å². The molecule has 2 aliphatic rings. The van der Waals surface area contributed by atoms with Crippen LogP contribution in [-0.2, 0) is 37.3 Å². The first-order chi connectivity index (χ1) is 32.4. The first-order valence-corrected chi connectivity index (χ1v) is 25.6. The number of carbonyl (C=O) groups excluding carboxylic acids is 3. The standard InChI is InChI=1S/C30H44N2O5.C25H36N2O3/c1-5-6-7-8-9-10-11-16-27(33)36-22-32-26-15-13-12-14-24(26)21-25(28(32)34)23-17-19-31(20-18-23)29(35)37-30(2,3)4;1-2-3-4-5-6-7-8-13-24(28)30-19-27-23-12-10-9-11-21(23)18-22(25(27)29)20-14-16-26-17-15-20/h12-15,21,23H,5-11,16-20,22H2,1-4H3;9-12,18,20,26H,2-8,13-17,19H2,1H3. The summed E-state index contributed by atoms with van der Waals surface area (Å²) in [4.78, 5) is 65.6. The lowest BCUT2D eigenvalue weighted by atomic mass is 9.89. The third kappa shape index (κ3) is 16.9. The molecule has 0 atom stereocenters. The van der Waals surface area contributed by atoms with E-state index in [0.29, 0.717) is 44.3 Å². The first kappa shape index (κ1) is 53.0. The predicted octanol–water partition coefficient (Wildman–Crippen LogP) is 11.9. The Morgan fingerprint density at radius 3 is 1.42 bits per heavy atom. The van der Waals surface area contributed by atoms with E-state index in [4.69, 9.17) is 14.2 Å². The van der Waals surface area contributed by atoms with Gasteiger partial charge in [-0.25, -0.2) is 4.79 Å². The average molecular weight is 925 g/mol. The largest absolute Gasteiger partial charge is 0.444 e. The Bertz CT molecular complexity index is 2280. The highest BCUT2D eigenvalue weighted by molar-refractivity contribution is 5.81. The molecule has 368 valence electrons. The summed E-state index contributed by atoms with van der Waals surface area (Å²) in [6, 6.07) is 19.5. The maximum Gasteiger partial charge on any atom is 0.410 e. The quantitative estimate of drug-likeness (QED) is 0.0464. The molecule has 0 unspecified atom stereocenters. The van der Waals surface area contributed by atoms with Crippen molar-refractivity contribution in [2.24, 2.45) is 0 Å². The summed E-state index contributed by atoms with van der Waals surface area (Å²) in [7, 11) is 0. The molecule has 0 aliphatic carbocycles. The van der Waals surface area contributed by atoms with Gasteiger partial charge in [-0.1, -0.05) is 127 Å². The van der Waals surface area contributed by atoms with Gasteiger partial charge in [0.05, 0.1) is 11.0 Å². The number of carbonyl (C=O) groups is 3. The smallest absolute Gasteiger partial charge is 0.410 e. The Kier molecular flexibility index (Phi) is 21.9. The Morgan fingerprint density at radius 2 is 0.985 bits per heavy atom. The van der Waals surface area contributed by atoms with Gasteiger partial charge >= 0.3 is 18.0 Å². The number of hydrogen-bond donors (Lipinski definition) is 1. The summed E-state index contributed by atoms with van der Waals surface area (Å²) in [6.07, 6.45) is 19.9. The number of para-hydroxylation sites is 2. The minimum absolute atomic E-state index is 0.00646. The van der Waals surface area contributed by atoms with Crippen molar-refractivity contribution in [1.29, 1.82) is 0 Å². The number of unbranched alkanes of at least 4 members (excludes halogenated alkanes) is 12. The Hall–Kier alpha value is -4.97. The molecule has 2 aromatic carbocycles. The second-order valence-corrected chi connectivity index (χ2v) is 19.6. The molecule has 12 heteroatoms. The van der Waals surface area contributed by atoms with Crippen LogP contribution < -0.4 is 16.4 Å². The monoisotopic (exact) mass is 925 g/mol. The van der Waals surface area contributed by atoms with Crippen LogP contribution in [0.15, 0.2) is 70.3 Å². The Labute approximate surface area is 399 Å². The molecule has 67 heavy (non-hydrogen) atoms. The molecule has 2 saturated heterocycles. The van der Waals surface area contributed by atoms with Crippen molar-refractivity contribution in [1.82, 2.24) is 19.4 Å². The number of rotatable bonds is 22. The van der Waals surface area contributed by atoms with Crippen LogP contribution in [0.1, 0.15) is 186 Å². The zero-order chi connectivity index (χ0) is 48.0. The van der Waals surface area contributed by atoms with E-state index in [2.05, 4.69) is 19.2 Å². The number of nitrogens with one attached hydrogen (secondary N) is 1. The number of aromatic nitrogens is 2. The van der Waals surface area contributed by atoms with Crippen molar-refractivity contribution in [3.05, 3.63) is 92.5 Å². The van der Waals surface area contributed by atoms with Crippen LogP contribution in [0.3, 0.4) is 0 Å². The normalized spacial score (nSPS) is 14.7. The van der Waals surface area contributed by atoms with Crippen molar-refractivity contribution in [3.8, 4) is 0 Å². The maximum absolute atomic E-state index is 13.5. The molecule has 2 fully saturated rings. The molecular weight excluding hydrogens is 845 g/mol. The Balaban J connectivity index is 0.000000256. The van der Waals surface area contributed by atoms with Crippen molar-refractivity contribution < 1.29 is 28.6 Å². The lowest BCUT2D eigenvalue weighted by Gasteiger charge is -2.33. The van der Waals surface area contributed by atoms with Gasteiger partial charge in [0.15, 0.2) is 13.5 Å². The summed E-state index contributed by atoms with van der Waals surface area (Å²) < 4.78 is 19.8. The highest BCUT2D eigenvalue weighted by Crippen LogP contribution is 2.30. The van der Waals surface area contributed by atoms with E-state index in [1.165, 1.54) is 57.8 Å². The SMILES string of the molecule is CCCCCCCCCC(=O)OCn1c(=O)c(C2CCN(C(=O)OC(C)(C)C)CC2)cc2ccccc21.CCCCCCCCCC(=O)OCn1c(=O)c(C2CCNCC2)cc2ccccc21. The van der Waals surface area contributed by atoms with Crippen LogP contribution in [0.5, 0.6) is 0 Å². The second kappa shape index (κ2) is 27.7. The molecule has 12 nitrogen and oxygen atoms in total. The third-order valence-corrected chi connectivity index (χ3v) is 13.1. The fraction of sp³-hybridized carbons (Fsp3) is 0.618.